The molecule has 0 aromatic heterocycles. The molecule has 1 unspecified atom stereocenters. The van der Waals surface area contributed by atoms with Crippen molar-refractivity contribution in [2.45, 2.75) is 19.4 Å². The Bertz CT molecular complexity index is 642. The van der Waals surface area contributed by atoms with Crippen LogP contribution in [0.25, 0.3) is 0 Å². The standard InChI is InChI=1S/C17H18BrNO2/c1-12-14(9-6-10-15(12)20)16(21)19-17(2,11-18)13-7-4-3-5-8-13/h3-10,20H,11H2,1-2H3,(H,19,21). The molecule has 0 spiro atoms. The van der Waals surface area contributed by atoms with Crippen LogP contribution in [0.4, 0.5) is 0 Å². The van der Waals surface area contributed by atoms with Crippen molar-refractivity contribution in [1.82, 2.24) is 5.32 Å². The van der Waals surface area contributed by atoms with Gasteiger partial charge in [0.1, 0.15) is 5.75 Å². The monoisotopic (exact) mass is 347 g/mol. The highest BCUT2D eigenvalue weighted by Crippen LogP contribution is 2.25. The predicted molar refractivity (Wildman–Crippen MR) is 87.9 cm³/mol. The summed E-state index contributed by atoms with van der Waals surface area (Å²) in [7, 11) is 0. The number of alkyl halides is 1. The van der Waals surface area contributed by atoms with E-state index in [4.69, 9.17) is 0 Å². The van der Waals surface area contributed by atoms with Gasteiger partial charge in [-0.25, -0.2) is 0 Å². The van der Waals surface area contributed by atoms with Gasteiger partial charge in [0.15, 0.2) is 0 Å². The number of aromatic hydroxyl groups is 1. The number of hydrogen-bond acceptors (Lipinski definition) is 2. The third-order valence-corrected chi connectivity index (χ3v) is 4.74. The van der Waals surface area contributed by atoms with E-state index >= 15 is 0 Å². The molecule has 1 atom stereocenters. The molecule has 21 heavy (non-hydrogen) atoms. The second-order valence-corrected chi connectivity index (χ2v) is 5.80. The number of halogens is 1. The predicted octanol–water partition coefficient (Wildman–Crippen LogP) is 3.74. The molecule has 1 amide bonds. The highest BCUT2D eigenvalue weighted by atomic mass is 79.9. The molecule has 0 aliphatic rings. The van der Waals surface area contributed by atoms with Crippen molar-refractivity contribution >= 4 is 21.8 Å². The highest BCUT2D eigenvalue weighted by Gasteiger charge is 2.28. The van der Waals surface area contributed by atoms with Crippen LogP contribution in [0.3, 0.4) is 0 Å². The molecule has 0 saturated carbocycles. The van der Waals surface area contributed by atoms with Crippen LogP contribution < -0.4 is 5.32 Å². The van der Waals surface area contributed by atoms with Gasteiger partial charge < -0.3 is 10.4 Å². The lowest BCUT2D eigenvalue weighted by Crippen LogP contribution is -2.45. The number of carbonyl (C=O) groups excluding carboxylic acids is 1. The zero-order chi connectivity index (χ0) is 15.5. The molecule has 2 rings (SSSR count). The molecule has 2 N–H and O–H groups in total. The third-order valence-electron chi connectivity index (χ3n) is 3.62. The van der Waals surface area contributed by atoms with Crippen LogP contribution >= 0.6 is 15.9 Å². The lowest BCUT2D eigenvalue weighted by atomic mass is 9.93. The summed E-state index contributed by atoms with van der Waals surface area (Å²) in [6.45, 7) is 3.70. The first-order valence-corrected chi connectivity index (χ1v) is 7.82. The van der Waals surface area contributed by atoms with Crippen LogP contribution in [0.2, 0.25) is 0 Å². The Balaban J connectivity index is 2.30. The van der Waals surface area contributed by atoms with Gasteiger partial charge in [-0.1, -0.05) is 52.3 Å². The van der Waals surface area contributed by atoms with Crippen molar-refractivity contribution in [2.75, 3.05) is 5.33 Å². The summed E-state index contributed by atoms with van der Waals surface area (Å²) in [4.78, 5) is 12.5. The first-order valence-electron chi connectivity index (χ1n) is 6.70. The zero-order valence-electron chi connectivity index (χ0n) is 12.1. The number of carbonyl (C=O) groups is 1. The number of amides is 1. The average Bonchev–Trinajstić information content (AvgIpc) is 2.50. The lowest BCUT2D eigenvalue weighted by molar-refractivity contribution is 0.0913. The summed E-state index contributed by atoms with van der Waals surface area (Å²) in [5.41, 5.74) is 1.57. The van der Waals surface area contributed by atoms with Crippen molar-refractivity contribution in [3.8, 4) is 5.75 Å². The Hall–Kier alpha value is -1.81. The van der Waals surface area contributed by atoms with E-state index in [-0.39, 0.29) is 11.7 Å². The first-order chi connectivity index (χ1) is 9.98. The molecule has 2 aromatic carbocycles. The van der Waals surface area contributed by atoms with Crippen LogP contribution in [0.5, 0.6) is 5.75 Å². The summed E-state index contributed by atoms with van der Waals surface area (Å²) in [5, 5.41) is 13.4. The molecule has 0 aliphatic heterocycles. The molecule has 0 aliphatic carbocycles. The van der Waals surface area contributed by atoms with E-state index in [9.17, 15) is 9.90 Å². The van der Waals surface area contributed by atoms with E-state index in [1.165, 1.54) is 0 Å². The van der Waals surface area contributed by atoms with Crippen LogP contribution in [0.15, 0.2) is 48.5 Å². The van der Waals surface area contributed by atoms with Crippen molar-refractivity contribution in [1.29, 1.82) is 0 Å². The molecule has 0 bridgehead atoms. The second kappa shape index (κ2) is 6.31. The van der Waals surface area contributed by atoms with Gasteiger partial charge in [-0.05, 0) is 31.5 Å². The van der Waals surface area contributed by atoms with Gasteiger partial charge in [-0.2, -0.15) is 0 Å². The fourth-order valence-corrected chi connectivity index (χ4v) is 2.64. The minimum atomic E-state index is -0.518. The van der Waals surface area contributed by atoms with E-state index < -0.39 is 5.54 Å². The third kappa shape index (κ3) is 3.27. The molecule has 3 nitrogen and oxygen atoms in total. The Morgan fingerprint density at radius 2 is 1.86 bits per heavy atom. The van der Waals surface area contributed by atoms with Crippen LogP contribution in [-0.2, 0) is 5.54 Å². The molecule has 0 saturated heterocycles. The van der Waals surface area contributed by atoms with Gasteiger partial charge in [0, 0.05) is 16.5 Å². The Morgan fingerprint density at radius 1 is 1.19 bits per heavy atom. The smallest absolute Gasteiger partial charge is 0.252 e. The number of benzene rings is 2. The largest absolute Gasteiger partial charge is 0.508 e. The number of rotatable bonds is 4. The zero-order valence-corrected chi connectivity index (χ0v) is 13.6. The fraction of sp³-hybridized carbons (Fsp3) is 0.235. The highest BCUT2D eigenvalue weighted by molar-refractivity contribution is 9.09. The number of phenolic OH excluding ortho intramolecular Hbond substituents is 1. The van der Waals surface area contributed by atoms with E-state index in [1.807, 2.05) is 37.3 Å². The summed E-state index contributed by atoms with van der Waals surface area (Å²) in [6, 6.07) is 14.8. The van der Waals surface area contributed by atoms with Crippen molar-refractivity contribution < 1.29 is 9.90 Å². The Kier molecular flexibility index (Phi) is 4.68. The van der Waals surface area contributed by atoms with Crippen molar-refractivity contribution in [3.63, 3.8) is 0 Å². The second-order valence-electron chi connectivity index (χ2n) is 5.24. The average molecular weight is 348 g/mol. The van der Waals surface area contributed by atoms with Gasteiger partial charge in [-0.3, -0.25) is 4.79 Å². The van der Waals surface area contributed by atoms with E-state index in [0.717, 1.165) is 5.56 Å². The molecule has 2 aromatic rings. The van der Waals surface area contributed by atoms with Gasteiger partial charge in [0.05, 0.1) is 5.54 Å². The number of phenols is 1. The molecule has 0 heterocycles. The lowest BCUT2D eigenvalue weighted by Gasteiger charge is -2.29. The van der Waals surface area contributed by atoms with Crippen molar-refractivity contribution in [2.24, 2.45) is 0 Å². The molecular weight excluding hydrogens is 330 g/mol. The molecule has 4 heteroatoms. The van der Waals surface area contributed by atoms with E-state index in [0.29, 0.717) is 16.5 Å². The van der Waals surface area contributed by atoms with Gasteiger partial charge in [0.2, 0.25) is 0 Å². The minimum Gasteiger partial charge on any atom is -0.508 e. The Labute approximate surface area is 133 Å². The SMILES string of the molecule is Cc1c(O)cccc1C(=O)NC(C)(CBr)c1ccccc1. The number of nitrogens with one attached hydrogen (secondary N) is 1. The fourth-order valence-electron chi connectivity index (χ4n) is 2.18. The van der Waals surface area contributed by atoms with Gasteiger partial charge in [-0.15, -0.1) is 0 Å². The first kappa shape index (κ1) is 15.6. The topological polar surface area (TPSA) is 49.3 Å². The summed E-state index contributed by atoms with van der Waals surface area (Å²) in [5.74, 6) is -0.0721. The quantitative estimate of drug-likeness (QED) is 0.827. The molecule has 0 fully saturated rings. The summed E-state index contributed by atoms with van der Waals surface area (Å²) < 4.78 is 0. The van der Waals surface area contributed by atoms with Crippen LogP contribution in [0, 0.1) is 6.92 Å². The number of hydrogen-bond donors (Lipinski definition) is 2. The molecule has 110 valence electrons. The van der Waals surface area contributed by atoms with E-state index in [1.54, 1.807) is 25.1 Å². The maximum Gasteiger partial charge on any atom is 0.252 e. The minimum absolute atomic E-state index is 0.128. The van der Waals surface area contributed by atoms with Crippen LogP contribution in [0.1, 0.15) is 28.4 Å². The molecular formula is C17H18BrNO2. The Morgan fingerprint density at radius 3 is 2.48 bits per heavy atom. The maximum atomic E-state index is 12.5. The molecule has 0 radical (unpaired) electrons. The summed E-state index contributed by atoms with van der Waals surface area (Å²) >= 11 is 3.48. The maximum absolute atomic E-state index is 12.5. The van der Waals surface area contributed by atoms with Crippen LogP contribution in [-0.4, -0.2) is 16.3 Å². The van der Waals surface area contributed by atoms with Gasteiger partial charge in [0.25, 0.3) is 5.91 Å². The van der Waals surface area contributed by atoms with E-state index in [2.05, 4.69) is 21.2 Å². The van der Waals surface area contributed by atoms with Gasteiger partial charge >= 0.3 is 0 Å². The van der Waals surface area contributed by atoms with Crippen molar-refractivity contribution in [3.05, 3.63) is 65.2 Å². The summed E-state index contributed by atoms with van der Waals surface area (Å²) in [6.07, 6.45) is 0. The normalized spacial score (nSPS) is 13.5.